The fraction of sp³-hybridized carbons (Fsp3) is 0.857. The van der Waals surface area contributed by atoms with Gasteiger partial charge in [-0.2, -0.15) is 48.3 Å². The molecule has 0 saturated heterocycles. The van der Waals surface area contributed by atoms with Gasteiger partial charge >= 0.3 is 30.2 Å². The van der Waals surface area contributed by atoms with Gasteiger partial charge in [-0.25, -0.2) is 0 Å². The molecule has 1 amide bonds. The second-order valence-electron chi connectivity index (χ2n) is 3.36. The van der Waals surface area contributed by atoms with Crippen LogP contribution in [0.3, 0.4) is 0 Å². The third-order valence-electron chi connectivity index (χ3n) is 1.87. The monoisotopic (exact) mass is 343 g/mol. The Morgan fingerprint density at radius 2 is 1.19 bits per heavy atom. The lowest BCUT2D eigenvalue weighted by molar-refractivity contribution is -0.472. The summed E-state index contributed by atoms with van der Waals surface area (Å²) in [5.41, 5.74) is 0. The SMILES string of the molecule is CNC(=O)C(F)(OC(F)(F)C(F)(F)C(F)(F)F)C(F)(F)F. The van der Waals surface area contributed by atoms with Crippen LogP contribution < -0.4 is 5.32 Å². The minimum atomic E-state index is -7.18. The van der Waals surface area contributed by atoms with Crippen molar-refractivity contribution in [3.8, 4) is 0 Å². The van der Waals surface area contributed by atoms with Gasteiger partial charge in [-0.3, -0.25) is 9.53 Å². The first-order valence-electron chi connectivity index (χ1n) is 4.44. The van der Waals surface area contributed by atoms with Crippen molar-refractivity contribution in [3.05, 3.63) is 0 Å². The summed E-state index contributed by atoms with van der Waals surface area (Å²) in [6, 6.07) is 0. The van der Waals surface area contributed by atoms with E-state index in [-0.39, 0.29) is 7.05 Å². The number of carbonyl (C=O) groups is 1. The van der Waals surface area contributed by atoms with Crippen LogP contribution in [-0.4, -0.2) is 43.2 Å². The first-order valence-corrected chi connectivity index (χ1v) is 4.44. The molecule has 126 valence electrons. The molecule has 0 aromatic heterocycles. The topological polar surface area (TPSA) is 38.3 Å². The van der Waals surface area contributed by atoms with Crippen molar-refractivity contribution in [3.63, 3.8) is 0 Å². The van der Waals surface area contributed by atoms with Crippen LogP contribution in [0, 0.1) is 0 Å². The van der Waals surface area contributed by atoms with Crippen LogP contribution in [0.2, 0.25) is 0 Å². The van der Waals surface area contributed by atoms with Crippen molar-refractivity contribution >= 4 is 5.91 Å². The fourth-order valence-electron chi connectivity index (χ4n) is 0.799. The summed E-state index contributed by atoms with van der Waals surface area (Å²) in [6.45, 7) is 0. The Morgan fingerprint density at radius 1 is 0.810 bits per heavy atom. The Hall–Kier alpha value is -1.34. The van der Waals surface area contributed by atoms with Gasteiger partial charge in [-0.1, -0.05) is 0 Å². The van der Waals surface area contributed by atoms with Gasteiger partial charge in [0.15, 0.2) is 0 Å². The van der Waals surface area contributed by atoms with Gasteiger partial charge in [0.2, 0.25) is 0 Å². The Balaban J connectivity index is 5.82. The third kappa shape index (κ3) is 3.29. The molecule has 0 bridgehead atoms. The van der Waals surface area contributed by atoms with E-state index in [1.165, 1.54) is 0 Å². The van der Waals surface area contributed by atoms with Gasteiger partial charge in [0.05, 0.1) is 0 Å². The number of halogens is 11. The molecule has 3 nitrogen and oxygen atoms in total. The molecular formula is C7H4F11NO2. The van der Waals surface area contributed by atoms with Gasteiger partial charge in [-0.15, -0.1) is 0 Å². The third-order valence-corrected chi connectivity index (χ3v) is 1.87. The van der Waals surface area contributed by atoms with Gasteiger partial charge in [-0.05, 0) is 0 Å². The van der Waals surface area contributed by atoms with Crippen LogP contribution in [0.25, 0.3) is 0 Å². The fourth-order valence-corrected chi connectivity index (χ4v) is 0.799. The zero-order valence-electron chi connectivity index (χ0n) is 9.47. The molecule has 0 radical (unpaired) electrons. The van der Waals surface area contributed by atoms with E-state index in [1.807, 2.05) is 4.74 Å². The smallest absolute Gasteiger partial charge is 0.354 e. The highest BCUT2D eigenvalue weighted by molar-refractivity contribution is 5.84. The molecule has 0 aliphatic rings. The molecule has 0 aromatic carbocycles. The lowest BCUT2D eigenvalue weighted by Crippen LogP contribution is -2.63. The molecule has 0 heterocycles. The van der Waals surface area contributed by atoms with Crippen molar-refractivity contribution in [2.24, 2.45) is 0 Å². The predicted octanol–water partition coefficient (Wildman–Crippen LogP) is 2.77. The van der Waals surface area contributed by atoms with Gasteiger partial charge in [0.1, 0.15) is 0 Å². The van der Waals surface area contributed by atoms with E-state index < -0.39 is 36.1 Å². The van der Waals surface area contributed by atoms with Crippen LogP contribution in [0.5, 0.6) is 0 Å². The van der Waals surface area contributed by atoms with Gasteiger partial charge < -0.3 is 5.32 Å². The number of ether oxygens (including phenoxy) is 1. The normalized spacial score (nSPS) is 17.3. The molecule has 0 aliphatic carbocycles. The summed E-state index contributed by atoms with van der Waals surface area (Å²) in [4.78, 5) is 10.5. The van der Waals surface area contributed by atoms with Crippen molar-refractivity contribution in [1.29, 1.82) is 0 Å². The minimum absolute atomic E-state index is 0.270. The lowest BCUT2D eigenvalue weighted by Gasteiger charge is -2.33. The van der Waals surface area contributed by atoms with Crippen LogP contribution in [0.15, 0.2) is 0 Å². The molecule has 14 heteroatoms. The zero-order chi connectivity index (χ0) is 17.5. The average Bonchev–Trinajstić information content (AvgIpc) is 2.23. The van der Waals surface area contributed by atoms with E-state index in [0.29, 0.717) is 0 Å². The lowest BCUT2D eigenvalue weighted by atomic mass is 10.2. The van der Waals surface area contributed by atoms with Crippen molar-refractivity contribution in [2.45, 2.75) is 30.2 Å². The van der Waals surface area contributed by atoms with E-state index >= 15 is 0 Å². The molecule has 21 heavy (non-hydrogen) atoms. The second kappa shape index (κ2) is 5.14. The maximum absolute atomic E-state index is 13.2. The van der Waals surface area contributed by atoms with Crippen molar-refractivity contribution in [1.82, 2.24) is 5.32 Å². The summed E-state index contributed by atoms with van der Waals surface area (Å²) in [6.07, 6.45) is -20.7. The van der Waals surface area contributed by atoms with Crippen molar-refractivity contribution in [2.75, 3.05) is 7.05 Å². The molecule has 0 fully saturated rings. The molecule has 0 aliphatic heterocycles. The maximum atomic E-state index is 13.2. The summed E-state index contributed by atoms with van der Waals surface area (Å²) in [5.74, 6) is -16.4. The maximum Gasteiger partial charge on any atom is 0.462 e. The number of hydrogen-bond acceptors (Lipinski definition) is 2. The second-order valence-corrected chi connectivity index (χ2v) is 3.36. The van der Waals surface area contributed by atoms with E-state index in [1.54, 1.807) is 0 Å². The van der Waals surface area contributed by atoms with E-state index in [4.69, 9.17) is 0 Å². The quantitative estimate of drug-likeness (QED) is 0.798. The van der Waals surface area contributed by atoms with E-state index in [0.717, 1.165) is 5.32 Å². The highest BCUT2D eigenvalue weighted by Gasteiger charge is 2.79. The molecule has 0 aromatic rings. The number of amides is 1. The first kappa shape index (κ1) is 19.7. The van der Waals surface area contributed by atoms with Crippen LogP contribution >= 0.6 is 0 Å². The van der Waals surface area contributed by atoms with Gasteiger partial charge in [0, 0.05) is 7.05 Å². The van der Waals surface area contributed by atoms with E-state index in [2.05, 4.69) is 0 Å². The van der Waals surface area contributed by atoms with Crippen LogP contribution in [-0.2, 0) is 9.53 Å². The number of carbonyl (C=O) groups excluding carboxylic acids is 1. The Kier molecular flexibility index (Phi) is 4.81. The summed E-state index contributed by atoms with van der Waals surface area (Å²) in [7, 11) is 0.270. The number of alkyl halides is 11. The standard InChI is InChI=1S/C7H4F11NO2/c1-19-2(20)3(8,5(11,12)13)21-7(17,18)4(9,10)6(14,15)16/h1H3,(H,19,20). The molecular weight excluding hydrogens is 339 g/mol. The Morgan fingerprint density at radius 3 is 1.43 bits per heavy atom. The number of nitrogens with one attached hydrogen (secondary N) is 1. The molecule has 1 unspecified atom stereocenters. The highest BCUT2D eigenvalue weighted by atomic mass is 19.4. The summed E-state index contributed by atoms with van der Waals surface area (Å²) < 4.78 is 136. The van der Waals surface area contributed by atoms with E-state index in [9.17, 15) is 53.1 Å². The predicted molar refractivity (Wildman–Crippen MR) is 41.0 cm³/mol. The zero-order valence-corrected chi connectivity index (χ0v) is 9.47. The molecule has 0 saturated carbocycles. The first-order chi connectivity index (χ1) is 8.94. The Bertz CT molecular complexity index is 400. The number of likely N-dealkylation sites (N-methyl/N-ethyl adjacent to an activating group) is 1. The largest absolute Gasteiger partial charge is 0.462 e. The average molecular weight is 343 g/mol. The molecule has 1 atom stereocenters. The molecule has 0 rings (SSSR count). The summed E-state index contributed by atoms with van der Waals surface area (Å²) in [5, 5.41) is 0.806. The van der Waals surface area contributed by atoms with Crippen LogP contribution in [0.4, 0.5) is 48.3 Å². The number of hydrogen-bond donors (Lipinski definition) is 1. The van der Waals surface area contributed by atoms with Crippen molar-refractivity contribution < 1.29 is 57.8 Å². The molecule has 1 N–H and O–H groups in total. The Labute approximate surface area is 108 Å². The number of rotatable bonds is 4. The van der Waals surface area contributed by atoms with Gasteiger partial charge in [0.25, 0.3) is 5.91 Å². The summed E-state index contributed by atoms with van der Waals surface area (Å²) >= 11 is 0. The molecule has 0 spiro atoms. The van der Waals surface area contributed by atoms with Crippen LogP contribution in [0.1, 0.15) is 0 Å². The minimum Gasteiger partial charge on any atom is -0.354 e. The highest BCUT2D eigenvalue weighted by Crippen LogP contribution is 2.50.